The minimum Gasteiger partial charge on any atom is -0.497 e. The molecule has 0 spiro atoms. The second-order valence-electron chi connectivity index (χ2n) is 11.2. The van der Waals surface area contributed by atoms with Crippen LogP contribution in [0.3, 0.4) is 0 Å². The Morgan fingerprint density at radius 3 is 1.88 bits per heavy atom. The molecule has 0 radical (unpaired) electrons. The predicted molar refractivity (Wildman–Crippen MR) is 195 cm³/mol. The van der Waals surface area contributed by atoms with E-state index in [9.17, 15) is 14.4 Å². The first-order chi connectivity index (χ1) is 23.8. The summed E-state index contributed by atoms with van der Waals surface area (Å²) in [5, 5.41) is 4.77. The van der Waals surface area contributed by atoms with E-state index in [-0.39, 0.29) is 25.5 Å². The summed E-state index contributed by atoms with van der Waals surface area (Å²) in [7, 11) is 0.762. The van der Waals surface area contributed by atoms with Crippen molar-refractivity contribution in [3.63, 3.8) is 0 Å². The van der Waals surface area contributed by atoms with Crippen molar-refractivity contribution in [3.8, 4) is 5.75 Å². The molecule has 5 aromatic carbocycles. The van der Waals surface area contributed by atoms with Crippen LogP contribution in [0, 0.1) is 6.92 Å². The van der Waals surface area contributed by atoms with E-state index < -0.39 is 19.9 Å². The summed E-state index contributed by atoms with van der Waals surface area (Å²) < 4.78 is 17.9. The van der Waals surface area contributed by atoms with Crippen molar-refractivity contribution < 1.29 is 28.6 Å². The molecule has 0 atom stereocenters. The largest absolute Gasteiger partial charge is 0.497 e. The van der Waals surface area contributed by atoms with Gasteiger partial charge in [-0.15, -0.1) is 0 Å². The van der Waals surface area contributed by atoms with Crippen molar-refractivity contribution in [2.75, 3.05) is 20.3 Å². The first kappa shape index (κ1) is 33.7. The summed E-state index contributed by atoms with van der Waals surface area (Å²) in [4.78, 5) is 39.4. The highest BCUT2D eigenvalue weighted by atomic mass is 35.5. The van der Waals surface area contributed by atoms with E-state index in [2.05, 4.69) is 24.3 Å². The van der Waals surface area contributed by atoms with Crippen molar-refractivity contribution in [2.45, 2.75) is 13.3 Å². The summed E-state index contributed by atoms with van der Waals surface area (Å²) in [6.45, 7) is 1.58. The Morgan fingerprint density at radius 2 is 1.27 bits per heavy atom. The fourth-order valence-electron chi connectivity index (χ4n) is 5.71. The molecule has 0 unspecified atom stereocenters. The van der Waals surface area contributed by atoms with Gasteiger partial charge in [0.1, 0.15) is 19.0 Å². The summed E-state index contributed by atoms with van der Waals surface area (Å²) in [6.07, 6.45) is -0.0857. The number of carbonyl (C=O) groups is 3. The molecule has 0 amide bonds. The van der Waals surface area contributed by atoms with Crippen LogP contribution in [0.25, 0.3) is 10.9 Å². The molecule has 6 aromatic rings. The van der Waals surface area contributed by atoms with E-state index in [1.807, 2.05) is 48.5 Å². The van der Waals surface area contributed by atoms with Gasteiger partial charge in [-0.25, -0.2) is 4.79 Å². The Hall–Kier alpha value is -5.23. The molecule has 246 valence electrons. The van der Waals surface area contributed by atoms with E-state index in [4.69, 9.17) is 25.8 Å². The lowest BCUT2D eigenvalue weighted by atomic mass is 10.1. The highest BCUT2D eigenvalue weighted by molar-refractivity contribution is 7.79. The number of nitrogens with zero attached hydrogens (tertiary/aromatic N) is 1. The number of carbonyl (C=O) groups excluding carboxylic acids is 3. The number of halogens is 1. The van der Waals surface area contributed by atoms with Crippen LogP contribution in [0.4, 0.5) is 0 Å². The van der Waals surface area contributed by atoms with Gasteiger partial charge in [0.2, 0.25) is 0 Å². The van der Waals surface area contributed by atoms with E-state index in [1.165, 1.54) is 10.6 Å². The summed E-state index contributed by atoms with van der Waals surface area (Å²) in [5.41, 5.74) is 2.76. The van der Waals surface area contributed by atoms with Gasteiger partial charge in [-0.1, -0.05) is 84.4 Å². The number of methoxy groups -OCH3 is 1. The van der Waals surface area contributed by atoms with E-state index in [0.717, 1.165) is 5.30 Å². The molecule has 0 aliphatic carbocycles. The summed E-state index contributed by atoms with van der Waals surface area (Å²) >= 11 is 6.03. The van der Waals surface area contributed by atoms with Gasteiger partial charge in [0, 0.05) is 21.7 Å². The third-order valence-electron chi connectivity index (χ3n) is 8.13. The van der Waals surface area contributed by atoms with E-state index in [0.29, 0.717) is 44.1 Å². The third-order valence-corrected chi connectivity index (χ3v) is 10.8. The van der Waals surface area contributed by atoms with Crippen LogP contribution in [0.5, 0.6) is 5.75 Å². The maximum Gasteiger partial charge on any atom is 0.338 e. The molecule has 6 rings (SSSR count). The number of fused-ring (bicyclic) bond motifs is 1. The number of rotatable bonds is 11. The lowest BCUT2D eigenvalue weighted by molar-refractivity contribution is -0.143. The summed E-state index contributed by atoms with van der Waals surface area (Å²) in [6, 6.07) is 40.1. The first-order valence-corrected chi connectivity index (χ1v) is 17.4. The molecule has 0 aliphatic heterocycles. The van der Waals surface area contributed by atoms with Gasteiger partial charge in [0.05, 0.1) is 24.6 Å². The van der Waals surface area contributed by atoms with Crippen molar-refractivity contribution in [3.05, 3.63) is 155 Å². The Balaban J connectivity index is 1.09. The molecule has 0 fully saturated rings. The molecule has 0 saturated heterocycles. The molecule has 9 heteroatoms. The molecule has 0 saturated carbocycles. The zero-order chi connectivity index (χ0) is 34.3. The fraction of sp³-hybridized carbons (Fsp3) is 0.125. The Morgan fingerprint density at radius 1 is 0.694 bits per heavy atom. The minimum atomic E-state index is -0.794. The quantitative estimate of drug-likeness (QED) is 0.0828. The molecule has 1 aromatic heterocycles. The monoisotopic (exact) mass is 689 g/mol. The molecule has 7 nitrogen and oxygen atoms in total. The first-order valence-electron chi connectivity index (χ1n) is 15.7. The number of hydrogen-bond acceptors (Lipinski definition) is 6. The second-order valence-corrected chi connectivity index (χ2v) is 13.8. The lowest BCUT2D eigenvalue weighted by Crippen LogP contribution is -2.21. The smallest absolute Gasteiger partial charge is 0.338 e. The number of ether oxygens (including phenoxy) is 3. The predicted octanol–water partition coefficient (Wildman–Crippen LogP) is 7.00. The third kappa shape index (κ3) is 7.59. The van der Waals surface area contributed by atoms with Crippen LogP contribution in [0.1, 0.15) is 32.0 Å². The second kappa shape index (κ2) is 15.3. The number of hydrogen-bond donors (Lipinski definition) is 0. The van der Waals surface area contributed by atoms with Crippen LogP contribution < -0.4 is 20.7 Å². The molecule has 0 bridgehead atoms. The van der Waals surface area contributed by atoms with Crippen LogP contribution in [0.2, 0.25) is 5.02 Å². The summed E-state index contributed by atoms with van der Waals surface area (Å²) in [5.74, 6) is -0.673. The number of aromatic nitrogens is 1. The van der Waals surface area contributed by atoms with E-state index >= 15 is 0 Å². The zero-order valence-corrected chi connectivity index (χ0v) is 28.6. The van der Waals surface area contributed by atoms with Gasteiger partial charge in [-0.05, 0) is 90.9 Å². The average Bonchev–Trinajstić information content (AvgIpc) is 3.40. The van der Waals surface area contributed by atoms with Crippen LogP contribution in [-0.2, 0) is 20.7 Å². The maximum absolute atomic E-state index is 13.5. The topological polar surface area (TPSA) is 83.8 Å². The van der Waals surface area contributed by atoms with Crippen LogP contribution >= 0.6 is 19.5 Å². The van der Waals surface area contributed by atoms with Crippen molar-refractivity contribution in [1.82, 2.24) is 4.57 Å². The van der Waals surface area contributed by atoms with Gasteiger partial charge < -0.3 is 14.2 Å². The van der Waals surface area contributed by atoms with Crippen LogP contribution in [0.15, 0.2) is 127 Å². The van der Waals surface area contributed by atoms with Gasteiger partial charge in [-0.2, -0.15) is 0 Å². The lowest BCUT2D eigenvalue weighted by Gasteiger charge is -2.19. The fourth-order valence-corrected chi connectivity index (χ4v) is 8.12. The van der Waals surface area contributed by atoms with Crippen LogP contribution in [-0.4, -0.2) is 42.7 Å². The van der Waals surface area contributed by atoms with Gasteiger partial charge in [0.15, 0.2) is 0 Å². The van der Waals surface area contributed by atoms with Gasteiger partial charge >= 0.3 is 11.9 Å². The zero-order valence-electron chi connectivity index (χ0n) is 27.0. The SMILES string of the molecule is COc1ccc2c(c1)c(CC(=O)OCCOC(=O)c1ccc(P(c3ccccc3)c3ccccc3)cc1)c(C)n2C(=O)c1ccc(Cl)cc1. The van der Waals surface area contributed by atoms with Gasteiger partial charge in [0.25, 0.3) is 5.91 Å². The Labute approximate surface area is 290 Å². The molecular formula is C40H33ClNO6P. The average molecular weight is 690 g/mol. The van der Waals surface area contributed by atoms with Gasteiger partial charge in [-0.3, -0.25) is 14.2 Å². The Bertz CT molecular complexity index is 2060. The standard InChI is InChI=1S/C40H33ClNO6P/c1-27-35(36-25-31(46-2)19-22-37(36)42(27)39(44)28-13-17-30(41)18-14-28)26-38(43)47-23-24-48-40(45)29-15-20-34(21-16-29)49(32-9-5-3-6-10-32)33-11-7-4-8-12-33/h3-22,25H,23-24,26H2,1-2H3. The van der Waals surface area contributed by atoms with Crippen molar-refractivity contribution in [1.29, 1.82) is 0 Å². The normalized spacial score (nSPS) is 11.0. The highest BCUT2D eigenvalue weighted by Crippen LogP contribution is 2.33. The molecule has 49 heavy (non-hydrogen) atoms. The molecular weight excluding hydrogens is 657 g/mol. The van der Waals surface area contributed by atoms with E-state index in [1.54, 1.807) is 73.2 Å². The Kier molecular flexibility index (Phi) is 10.5. The van der Waals surface area contributed by atoms with Crippen molar-refractivity contribution >= 4 is 64.2 Å². The van der Waals surface area contributed by atoms with Crippen molar-refractivity contribution in [2.24, 2.45) is 0 Å². The number of benzene rings is 5. The molecule has 1 heterocycles. The number of esters is 2. The molecule has 0 N–H and O–H groups in total. The maximum atomic E-state index is 13.5. The minimum absolute atomic E-state index is 0.0857. The molecule has 0 aliphatic rings. The highest BCUT2D eigenvalue weighted by Gasteiger charge is 2.23.